The number of alkyl halides is 3. The average molecular weight is 1060 g/mol. The summed E-state index contributed by atoms with van der Waals surface area (Å²) in [4.78, 5) is 64.0. The number of likely N-dealkylation sites (tertiary alicyclic amines) is 1. The first-order chi connectivity index (χ1) is 35.5. The summed E-state index contributed by atoms with van der Waals surface area (Å²) in [6, 6.07) is 17.5. The van der Waals surface area contributed by atoms with E-state index >= 15 is 0 Å². The Hall–Kier alpha value is -7.14. The number of anilines is 2. The van der Waals surface area contributed by atoms with E-state index in [4.69, 9.17) is 21.7 Å². The van der Waals surface area contributed by atoms with Crippen LogP contribution < -0.4 is 25.2 Å². The summed E-state index contributed by atoms with van der Waals surface area (Å²) in [5, 5.41) is 25.6. The molecule has 3 unspecified atom stereocenters. The zero-order valence-electron chi connectivity index (χ0n) is 42.3. The molecule has 2 aliphatic heterocycles. The molecular formula is C56H58F3N7O7S2. The molecule has 0 saturated carbocycles. The normalized spacial score (nSPS) is 20.8. The molecule has 5 atom stereocenters. The summed E-state index contributed by atoms with van der Waals surface area (Å²) >= 11 is 7.23. The largest absolute Gasteiger partial charge is 0.489 e. The highest BCUT2D eigenvalue weighted by Gasteiger charge is 2.51. The lowest BCUT2D eigenvalue weighted by molar-refractivity contribution is -0.144. The van der Waals surface area contributed by atoms with Crippen molar-refractivity contribution in [1.82, 2.24) is 20.5 Å². The van der Waals surface area contributed by atoms with Crippen molar-refractivity contribution in [1.29, 1.82) is 5.26 Å². The zero-order valence-corrected chi connectivity index (χ0v) is 43.9. The molecule has 2 saturated heterocycles. The second-order valence-corrected chi connectivity index (χ2v) is 21.8. The highest BCUT2D eigenvalue weighted by molar-refractivity contribution is 7.81. The molecule has 2 aliphatic carbocycles. The van der Waals surface area contributed by atoms with E-state index in [1.807, 2.05) is 70.2 Å². The zero-order chi connectivity index (χ0) is 54.0. The Morgan fingerprint density at radius 1 is 0.973 bits per heavy atom. The number of benzene rings is 3. The third kappa shape index (κ3) is 12.0. The molecule has 392 valence electrons. The third-order valence-electron chi connectivity index (χ3n) is 13.8. The van der Waals surface area contributed by atoms with Gasteiger partial charge < -0.3 is 35.0 Å². The Kier molecular flexibility index (Phi) is 15.9. The van der Waals surface area contributed by atoms with E-state index in [0.29, 0.717) is 30.2 Å². The number of β-amino-alcohol motifs (C(OH)–C–C–N with tert-alkyl or cyclic N) is 1. The van der Waals surface area contributed by atoms with Crippen LogP contribution >= 0.6 is 23.6 Å². The van der Waals surface area contributed by atoms with E-state index in [0.717, 1.165) is 50.7 Å². The first-order valence-corrected chi connectivity index (χ1v) is 25.8. The minimum atomic E-state index is -4.81. The number of allylic oxidation sites excluding steroid dienone is 5. The van der Waals surface area contributed by atoms with Crippen molar-refractivity contribution in [2.75, 3.05) is 29.6 Å². The van der Waals surface area contributed by atoms with Crippen LogP contribution in [0, 0.1) is 35.5 Å². The number of ether oxygens (including phenoxy) is 2. The Labute approximate surface area is 443 Å². The van der Waals surface area contributed by atoms with Crippen LogP contribution in [0.3, 0.4) is 0 Å². The van der Waals surface area contributed by atoms with Crippen LogP contribution in [0.15, 0.2) is 120 Å². The van der Waals surface area contributed by atoms with Crippen molar-refractivity contribution in [3.05, 3.63) is 142 Å². The van der Waals surface area contributed by atoms with Crippen LogP contribution in [-0.2, 0) is 36.6 Å². The molecule has 14 nitrogen and oxygen atoms in total. The third-order valence-corrected chi connectivity index (χ3v) is 15.1. The van der Waals surface area contributed by atoms with Crippen molar-refractivity contribution < 1.29 is 46.9 Å². The lowest BCUT2D eigenvalue weighted by atomic mass is 9.81. The molecule has 8 rings (SSSR count). The maximum Gasteiger partial charge on any atom is 0.417 e. The SMILES string of the molecule is Cc1ncsc1-c1ccc(CNC(=O)C2C[C@@H](O)CN2C(=O)[C@@H](NC(=O)COC2=CCC(C3C=CC(COc4ccc(N5C(=S)N(c6ccc(C#N)c(C(F)(F)F)c6)C(=O)C5(C)C)cc4)=CC3)C=C2)C(C)(C)C)cc1. The number of aromatic nitrogens is 1. The number of hydrogen-bond donors (Lipinski definition) is 3. The predicted octanol–water partition coefficient (Wildman–Crippen LogP) is 9.09. The van der Waals surface area contributed by atoms with Crippen LogP contribution in [0.5, 0.6) is 5.75 Å². The van der Waals surface area contributed by atoms with Gasteiger partial charge in [-0.1, -0.05) is 69.3 Å². The number of thiazole rings is 1. The first-order valence-electron chi connectivity index (χ1n) is 24.5. The number of nitrogens with zero attached hydrogens (tertiary/aromatic N) is 5. The molecule has 3 N–H and O–H groups in total. The number of hydrogen-bond acceptors (Lipinski definition) is 11. The van der Waals surface area contributed by atoms with Crippen molar-refractivity contribution in [2.45, 2.75) is 97.3 Å². The number of carbonyl (C=O) groups is 4. The van der Waals surface area contributed by atoms with E-state index in [9.17, 15) is 42.7 Å². The molecule has 0 spiro atoms. The molecule has 3 heterocycles. The number of nitriles is 1. The van der Waals surface area contributed by atoms with E-state index in [1.165, 1.54) is 11.0 Å². The Bertz CT molecular complexity index is 3030. The van der Waals surface area contributed by atoms with Crippen LogP contribution in [0.1, 0.15) is 76.3 Å². The van der Waals surface area contributed by atoms with Gasteiger partial charge in [-0.3, -0.25) is 24.1 Å². The molecule has 4 amide bonds. The van der Waals surface area contributed by atoms with Crippen LogP contribution in [0.2, 0.25) is 0 Å². The monoisotopic (exact) mass is 1060 g/mol. The molecule has 2 fully saturated rings. The minimum Gasteiger partial charge on any atom is -0.489 e. The van der Waals surface area contributed by atoms with Gasteiger partial charge in [0, 0.05) is 25.2 Å². The van der Waals surface area contributed by atoms with Crippen LogP contribution in [0.25, 0.3) is 10.4 Å². The summed E-state index contributed by atoms with van der Waals surface area (Å²) in [5.74, 6) is -0.381. The molecule has 75 heavy (non-hydrogen) atoms. The highest BCUT2D eigenvalue weighted by atomic mass is 32.1. The van der Waals surface area contributed by atoms with Gasteiger partial charge in [-0.15, -0.1) is 11.3 Å². The number of aryl methyl sites for hydroxylation is 1. The fourth-order valence-corrected chi connectivity index (χ4v) is 10.9. The number of aliphatic hydroxyl groups is 1. The van der Waals surface area contributed by atoms with E-state index in [2.05, 4.69) is 33.8 Å². The fraction of sp³-hybridized carbons (Fsp3) is 0.375. The number of aliphatic hydroxyl groups excluding tert-OH is 1. The van der Waals surface area contributed by atoms with Crippen molar-refractivity contribution >= 4 is 63.7 Å². The standard InChI is InChI=1S/C56H58F3N7O7S2/c1-33-48(75-32-62-33)38-13-7-34(8-14-38)28-61-50(69)46-26-42(67)29-64(46)51(70)49(54(2,3)4)63-47(68)31-73-43-21-16-37(17-22-43)36-11-9-35(10-12-36)30-72-44-23-19-40(20-24-44)66-53(74)65(52(71)55(66,5)6)41-18-15-39(27-60)45(25-41)56(57,58)59/h7-11,13-16,18-25,32,36-37,42,46,49,67H,12,17,26,28-31H2,1-6H3,(H,61,69)(H,63,68)/t36?,37?,42-,46?,49-/m1/s1. The minimum absolute atomic E-state index is 0.00460. The second kappa shape index (κ2) is 22.0. The smallest absolute Gasteiger partial charge is 0.417 e. The number of thiocarbonyl (C=S) groups is 1. The molecule has 1 aromatic heterocycles. The van der Waals surface area contributed by atoms with Gasteiger partial charge in [0.1, 0.15) is 35.7 Å². The Morgan fingerprint density at radius 3 is 2.25 bits per heavy atom. The van der Waals surface area contributed by atoms with Gasteiger partial charge >= 0.3 is 6.18 Å². The molecule has 3 aromatic carbocycles. The number of nitrogens with one attached hydrogen (secondary N) is 2. The quantitative estimate of drug-likeness (QED) is 0.0968. The molecule has 0 bridgehead atoms. The maximum atomic E-state index is 14.1. The van der Waals surface area contributed by atoms with Gasteiger partial charge in [-0.25, -0.2) is 4.98 Å². The van der Waals surface area contributed by atoms with Gasteiger partial charge in [0.25, 0.3) is 11.8 Å². The number of halogens is 3. The summed E-state index contributed by atoms with van der Waals surface area (Å²) in [6.07, 6.45) is 7.98. The predicted molar refractivity (Wildman–Crippen MR) is 283 cm³/mol. The maximum absolute atomic E-state index is 14.1. The summed E-state index contributed by atoms with van der Waals surface area (Å²) in [6.45, 7) is 10.9. The molecule has 0 radical (unpaired) electrons. The highest BCUT2D eigenvalue weighted by Crippen LogP contribution is 2.40. The van der Waals surface area contributed by atoms with E-state index in [1.54, 1.807) is 65.9 Å². The van der Waals surface area contributed by atoms with Gasteiger partial charge in [-0.2, -0.15) is 18.4 Å². The van der Waals surface area contributed by atoms with Gasteiger partial charge in [-0.05, 0) is 134 Å². The Balaban J connectivity index is 0.784. The number of rotatable bonds is 15. The number of amides is 4. The van der Waals surface area contributed by atoms with Gasteiger partial charge in [0.05, 0.1) is 45.1 Å². The summed E-state index contributed by atoms with van der Waals surface area (Å²) < 4.78 is 53.3. The molecule has 19 heteroatoms. The molecule has 4 aromatic rings. The topological polar surface area (TPSA) is 177 Å². The Morgan fingerprint density at radius 2 is 1.65 bits per heavy atom. The van der Waals surface area contributed by atoms with E-state index in [-0.39, 0.29) is 54.7 Å². The second-order valence-electron chi connectivity index (χ2n) is 20.6. The van der Waals surface area contributed by atoms with Crippen molar-refractivity contribution in [3.63, 3.8) is 0 Å². The van der Waals surface area contributed by atoms with Crippen molar-refractivity contribution in [2.24, 2.45) is 17.3 Å². The average Bonchev–Trinajstić information content (AvgIpc) is 4.06. The summed E-state index contributed by atoms with van der Waals surface area (Å²) in [5.41, 5.74) is 2.43. The molecular weight excluding hydrogens is 1000 g/mol. The number of carbonyl (C=O) groups excluding carboxylic acids is 4. The first kappa shape index (κ1) is 54.1. The molecule has 4 aliphatic rings. The summed E-state index contributed by atoms with van der Waals surface area (Å²) in [7, 11) is 0. The van der Waals surface area contributed by atoms with Crippen LogP contribution in [-0.4, -0.2) is 87.2 Å². The fourth-order valence-electron chi connectivity index (χ4n) is 9.60. The van der Waals surface area contributed by atoms with Crippen molar-refractivity contribution in [3.8, 4) is 22.3 Å². The lowest BCUT2D eigenvalue weighted by Crippen LogP contribution is -2.58. The lowest BCUT2D eigenvalue weighted by Gasteiger charge is -2.35. The van der Waals surface area contributed by atoms with Gasteiger partial charge in [0.2, 0.25) is 11.8 Å². The van der Waals surface area contributed by atoms with Crippen LogP contribution in [0.4, 0.5) is 24.5 Å². The van der Waals surface area contributed by atoms with Gasteiger partial charge in [0.15, 0.2) is 11.7 Å². The van der Waals surface area contributed by atoms with E-state index < -0.39 is 64.2 Å².